The lowest BCUT2D eigenvalue weighted by molar-refractivity contribution is -0.384. The molecular weight excluding hydrogens is 444 g/mol. The molecule has 0 aliphatic carbocycles. The number of carboxylic acid groups (broad SMARTS) is 1. The predicted molar refractivity (Wildman–Crippen MR) is 104 cm³/mol. The quantitative estimate of drug-likeness (QED) is 0.534. The van der Waals surface area contributed by atoms with Crippen molar-refractivity contribution >= 4 is 55.9 Å². The molecule has 11 heteroatoms. The molecule has 1 aliphatic rings. The van der Waals surface area contributed by atoms with Crippen LogP contribution in [-0.4, -0.2) is 62.9 Å². The van der Waals surface area contributed by atoms with E-state index in [0.717, 1.165) is 0 Å². The van der Waals surface area contributed by atoms with Crippen molar-refractivity contribution in [1.29, 1.82) is 0 Å². The molecule has 0 unspecified atom stereocenters. The van der Waals surface area contributed by atoms with Crippen molar-refractivity contribution in [3.8, 4) is 0 Å². The maximum absolute atomic E-state index is 11.6. The van der Waals surface area contributed by atoms with Gasteiger partial charge in [0.1, 0.15) is 11.9 Å². The first kappa shape index (κ1) is 19.6. The number of aliphatic hydroxyl groups is 1. The molecule has 1 saturated heterocycles. The van der Waals surface area contributed by atoms with Gasteiger partial charge in [0.25, 0.3) is 0 Å². The topological polar surface area (TPSA) is 120 Å². The number of amides is 1. The lowest BCUT2D eigenvalue weighted by atomic mass is 10.0. The summed E-state index contributed by atoms with van der Waals surface area (Å²) < 4.78 is 0.603. The van der Waals surface area contributed by atoms with E-state index in [9.17, 15) is 25.1 Å². The monoisotopic (exact) mass is 458 g/mol. The SMILES string of the molecule is C[C@@H]1CN(c2c([N+](=O)[O-])cnc3cc(Br)c(Cl)cc23)[C@@H](CO)CN1C(=O)O. The van der Waals surface area contributed by atoms with Gasteiger partial charge in [-0.2, -0.15) is 0 Å². The van der Waals surface area contributed by atoms with Crippen LogP contribution in [0.15, 0.2) is 22.8 Å². The summed E-state index contributed by atoms with van der Waals surface area (Å²) in [7, 11) is 0. The Morgan fingerprint density at radius 2 is 2.19 bits per heavy atom. The molecular formula is C16H16BrClN4O5. The fourth-order valence-electron chi connectivity index (χ4n) is 3.33. The highest BCUT2D eigenvalue weighted by Crippen LogP contribution is 2.40. The summed E-state index contributed by atoms with van der Waals surface area (Å²) in [6.45, 7) is 1.57. The molecule has 2 atom stereocenters. The van der Waals surface area contributed by atoms with Gasteiger partial charge in [-0.15, -0.1) is 0 Å². The number of pyridine rings is 1. The lowest BCUT2D eigenvalue weighted by Crippen LogP contribution is -2.60. The Labute approximate surface area is 167 Å². The van der Waals surface area contributed by atoms with E-state index in [1.807, 2.05) is 0 Å². The Bertz CT molecular complexity index is 927. The van der Waals surface area contributed by atoms with Crippen molar-refractivity contribution in [1.82, 2.24) is 9.88 Å². The maximum Gasteiger partial charge on any atom is 0.407 e. The highest BCUT2D eigenvalue weighted by Gasteiger charge is 2.37. The minimum Gasteiger partial charge on any atom is -0.465 e. The van der Waals surface area contributed by atoms with E-state index in [1.165, 1.54) is 11.1 Å². The summed E-state index contributed by atoms with van der Waals surface area (Å²) in [5.74, 6) is 0. The van der Waals surface area contributed by atoms with Crippen LogP contribution in [0.5, 0.6) is 0 Å². The predicted octanol–water partition coefficient (Wildman–Crippen LogP) is 3.11. The van der Waals surface area contributed by atoms with E-state index in [4.69, 9.17) is 11.6 Å². The molecule has 0 bridgehead atoms. The molecule has 3 rings (SSSR count). The minimum atomic E-state index is -1.10. The van der Waals surface area contributed by atoms with Gasteiger partial charge in [-0.25, -0.2) is 9.78 Å². The van der Waals surface area contributed by atoms with E-state index in [0.29, 0.717) is 20.4 Å². The van der Waals surface area contributed by atoms with Gasteiger partial charge in [0.15, 0.2) is 0 Å². The normalized spacial score (nSPS) is 20.1. The van der Waals surface area contributed by atoms with Crippen molar-refractivity contribution in [2.75, 3.05) is 24.6 Å². The molecule has 1 aromatic heterocycles. The number of benzene rings is 1. The Morgan fingerprint density at radius 1 is 1.48 bits per heavy atom. The van der Waals surface area contributed by atoms with Gasteiger partial charge in [-0.3, -0.25) is 10.1 Å². The smallest absolute Gasteiger partial charge is 0.407 e. The van der Waals surface area contributed by atoms with Crippen molar-refractivity contribution in [2.24, 2.45) is 0 Å². The summed E-state index contributed by atoms with van der Waals surface area (Å²) >= 11 is 9.51. The van der Waals surface area contributed by atoms with Crippen LogP contribution in [-0.2, 0) is 0 Å². The zero-order valence-corrected chi connectivity index (χ0v) is 16.5. The number of nitro groups is 1. The number of anilines is 1. The molecule has 2 heterocycles. The van der Waals surface area contributed by atoms with E-state index in [2.05, 4.69) is 20.9 Å². The van der Waals surface area contributed by atoms with Crippen molar-refractivity contribution in [3.63, 3.8) is 0 Å². The Hall–Kier alpha value is -2.17. The molecule has 9 nitrogen and oxygen atoms in total. The molecule has 1 aliphatic heterocycles. The number of aromatic nitrogens is 1. The number of halogens is 2. The zero-order valence-electron chi connectivity index (χ0n) is 14.2. The molecule has 2 N–H and O–H groups in total. The summed E-state index contributed by atoms with van der Waals surface area (Å²) in [5.41, 5.74) is 0.544. The van der Waals surface area contributed by atoms with Gasteiger partial charge in [0.05, 0.1) is 28.1 Å². The standard InChI is InChI=1S/C16H16BrClN4O5/c1-8-5-21(9(7-23)6-20(8)16(24)25)15-10-2-12(18)11(17)3-13(10)19-4-14(15)22(26)27/h2-4,8-9,23H,5-7H2,1H3,(H,24,25)/t8-,9-/m1/s1. The van der Waals surface area contributed by atoms with E-state index < -0.39 is 23.1 Å². The number of nitrogens with zero attached hydrogens (tertiary/aromatic N) is 4. The fourth-order valence-corrected chi connectivity index (χ4v) is 3.83. The van der Waals surface area contributed by atoms with Gasteiger partial charge in [0, 0.05) is 29.0 Å². The van der Waals surface area contributed by atoms with Crippen LogP contribution in [0.4, 0.5) is 16.2 Å². The van der Waals surface area contributed by atoms with Gasteiger partial charge in [0.2, 0.25) is 0 Å². The Kier molecular flexibility index (Phi) is 5.41. The van der Waals surface area contributed by atoms with E-state index in [1.54, 1.807) is 24.0 Å². The zero-order chi connectivity index (χ0) is 19.9. The van der Waals surface area contributed by atoms with Crippen LogP contribution in [0, 0.1) is 10.1 Å². The Morgan fingerprint density at radius 3 is 2.78 bits per heavy atom. The summed E-state index contributed by atoms with van der Waals surface area (Å²) in [6.07, 6.45) is 0.0717. The number of rotatable bonds is 3. The maximum atomic E-state index is 11.6. The van der Waals surface area contributed by atoms with Crippen molar-refractivity contribution in [2.45, 2.75) is 19.0 Å². The summed E-state index contributed by atoms with van der Waals surface area (Å²) in [4.78, 5) is 29.6. The van der Waals surface area contributed by atoms with Crippen molar-refractivity contribution in [3.05, 3.63) is 37.9 Å². The molecule has 1 aromatic carbocycles. The number of aliphatic hydroxyl groups excluding tert-OH is 1. The van der Waals surface area contributed by atoms with Gasteiger partial charge in [-0.1, -0.05) is 11.6 Å². The molecule has 0 saturated carbocycles. The second-order valence-corrected chi connectivity index (χ2v) is 7.57. The highest BCUT2D eigenvalue weighted by molar-refractivity contribution is 9.10. The Balaban J connectivity index is 2.21. The van der Waals surface area contributed by atoms with E-state index >= 15 is 0 Å². The molecule has 27 heavy (non-hydrogen) atoms. The molecule has 1 fully saturated rings. The van der Waals surface area contributed by atoms with Crippen LogP contribution in [0.25, 0.3) is 10.9 Å². The van der Waals surface area contributed by atoms with Crippen LogP contribution in [0.3, 0.4) is 0 Å². The highest BCUT2D eigenvalue weighted by atomic mass is 79.9. The number of piperazine rings is 1. The first-order valence-electron chi connectivity index (χ1n) is 8.03. The molecule has 1 amide bonds. The number of fused-ring (bicyclic) bond motifs is 1. The average Bonchev–Trinajstić information content (AvgIpc) is 2.61. The van der Waals surface area contributed by atoms with Crippen LogP contribution < -0.4 is 4.90 Å². The lowest BCUT2D eigenvalue weighted by Gasteiger charge is -2.44. The first-order chi connectivity index (χ1) is 12.7. The first-order valence-corrected chi connectivity index (χ1v) is 9.20. The second-order valence-electron chi connectivity index (χ2n) is 6.31. The van der Waals surface area contributed by atoms with Crippen LogP contribution in [0.1, 0.15) is 6.92 Å². The molecule has 0 radical (unpaired) electrons. The third-order valence-corrected chi connectivity index (χ3v) is 5.84. The third kappa shape index (κ3) is 3.52. The molecule has 0 spiro atoms. The fraction of sp³-hybridized carbons (Fsp3) is 0.375. The number of hydrogen-bond acceptors (Lipinski definition) is 6. The number of hydrogen-bond donors (Lipinski definition) is 2. The second kappa shape index (κ2) is 7.45. The minimum absolute atomic E-state index is 0.0260. The summed E-state index contributed by atoms with van der Waals surface area (Å²) in [6, 6.07) is 2.19. The van der Waals surface area contributed by atoms with Gasteiger partial charge in [-0.05, 0) is 35.0 Å². The number of carbonyl (C=O) groups is 1. The summed E-state index contributed by atoms with van der Waals surface area (Å²) in [5, 5.41) is 31.6. The van der Waals surface area contributed by atoms with E-state index in [-0.39, 0.29) is 31.1 Å². The third-order valence-electron chi connectivity index (χ3n) is 4.64. The van der Waals surface area contributed by atoms with Crippen LogP contribution >= 0.6 is 27.5 Å². The van der Waals surface area contributed by atoms with Gasteiger partial charge < -0.3 is 20.0 Å². The van der Waals surface area contributed by atoms with Gasteiger partial charge >= 0.3 is 11.8 Å². The van der Waals surface area contributed by atoms with Crippen molar-refractivity contribution < 1.29 is 19.9 Å². The molecule has 2 aromatic rings. The van der Waals surface area contributed by atoms with Crippen LogP contribution in [0.2, 0.25) is 5.02 Å². The average molecular weight is 460 g/mol. The molecule has 144 valence electrons. The largest absolute Gasteiger partial charge is 0.465 e.